The summed E-state index contributed by atoms with van der Waals surface area (Å²) in [5.41, 5.74) is 1.21. The summed E-state index contributed by atoms with van der Waals surface area (Å²) in [6.07, 6.45) is 3.90. The molecule has 1 aromatic carbocycles. The fourth-order valence-corrected chi connectivity index (χ4v) is 3.07. The van der Waals surface area contributed by atoms with Crippen molar-refractivity contribution in [3.05, 3.63) is 29.3 Å². The van der Waals surface area contributed by atoms with Crippen molar-refractivity contribution < 1.29 is 0 Å². The van der Waals surface area contributed by atoms with Gasteiger partial charge in [0.1, 0.15) is 0 Å². The topological polar surface area (TPSA) is 30.9 Å². The summed E-state index contributed by atoms with van der Waals surface area (Å²) in [4.78, 5) is 9.19. The Kier molecular flexibility index (Phi) is 4.54. The molecule has 1 heterocycles. The number of hydrogen-bond donors (Lipinski definition) is 1. The van der Waals surface area contributed by atoms with Crippen LogP contribution in [0, 0.1) is 0 Å². The van der Waals surface area contributed by atoms with Crippen molar-refractivity contribution in [3.63, 3.8) is 0 Å². The van der Waals surface area contributed by atoms with Crippen LogP contribution in [0.5, 0.6) is 0 Å². The van der Waals surface area contributed by atoms with Crippen LogP contribution in [-0.4, -0.2) is 50.1 Å². The first-order valence-electron chi connectivity index (χ1n) is 7.75. The zero-order chi connectivity index (χ0) is 14.7. The average Bonchev–Trinajstić information content (AvgIpc) is 2.47. The molecule has 0 unspecified atom stereocenters. The van der Waals surface area contributed by atoms with E-state index >= 15 is 0 Å². The molecule has 2 aliphatic rings. The third-order valence-corrected chi connectivity index (χ3v) is 4.64. The van der Waals surface area contributed by atoms with Gasteiger partial charge >= 0.3 is 0 Å². The lowest BCUT2D eigenvalue weighted by Crippen LogP contribution is -2.55. The molecule has 21 heavy (non-hydrogen) atoms. The predicted molar refractivity (Wildman–Crippen MR) is 89.4 cm³/mol. The number of rotatable bonds is 2. The van der Waals surface area contributed by atoms with E-state index in [1.165, 1.54) is 24.9 Å². The van der Waals surface area contributed by atoms with E-state index in [0.29, 0.717) is 6.04 Å². The molecule has 4 nitrogen and oxygen atoms in total. The van der Waals surface area contributed by atoms with Crippen LogP contribution in [0.3, 0.4) is 0 Å². The van der Waals surface area contributed by atoms with E-state index in [2.05, 4.69) is 26.2 Å². The minimum absolute atomic E-state index is 0.634. The van der Waals surface area contributed by atoms with Gasteiger partial charge in [-0.05, 0) is 37.5 Å². The molecule has 0 aromatic heterocycles. The first-order chi connectivity index (χ1) is 10.3. The number of piperazine rings is 1. The normalized spacial score (nSPS) is 20.4. The lowest BCUT2D eigenvalue weighted by molar-refractivity contribution is 0.332. The van der Waals surface area contributed by atoms with E-state index in [1.807, 2.05) is 25.2 Å². The van der Waals surface area contributed by atoms with Crippen molar-refractivity contribution in [3.8, 4) is 0 Å². The molecule has 1 aliphatic heterocycles. The smallest absolute Gasteiger partial charge is 0.193 e. The Bertz CT molecular complexity index is 505. The van der Waals surface area contributed by atoms with Crippen molar-refractivity contribution in [1.82, 2.24) is 10.2 Å². The van der Waals surface area contributed by atoms with Gasteiger partial charge in [0.05, 0.1) is 0 Å². The molecule has 0 bridgehead atoms. The lowest BCUT2D eigenvalue weighted by atomic mass is 9.93. The molecule has 2 fully saturated rings. The van der Waals surface area contributed by atoms with Crippen LogP contribution in [0.15, 0.2) is 29.3 Å². The van der Waals surface area contributed by atoms with Gasteiger partial charge in [-0.2, -0.15) is 0 Å². The number of benzene rings is 1. The highest BCUT2D eigenvalue weighted by molar-refractivity contribution is 6.30. The first kappa shape index (κ1) is 14.5. The third-order valence-electron chi connectivity index (χ3n) is 4.40. The molecule has 3 rings (SSSR count). The van der Waals surface area contributed by atoms with E-state index in [-0.39, 0.29) is 0 Å². The summed E-state index contributed by atoms with van der Waals surface area (Å²) in [6.45, 7) is 4.01. The van der Waals surface area contributed by atoms with Crippen LogP contribution < -0.4 is 10.2 Å². The minimum Gasteiger partial charge on any atom is -0.368 e. The number of nitrogens with one attached hydrogen (secondary N) is 1. The van der Waals surface area contributed by atoms with Crippen LogP contribution in [-0.2, 0) is 0 Å². The van der Waals surface area contributed by atoms with E-state index in [9.17, 15) is 0 Å². The summed E-state index contributed by atoms with van der Waals surface area (Å²) in [5.74, 6) is 1.06. The van der Waals surface area contributed by atoms with Crippen LogP contribution in [0.1, 0.15) is 19.3 Å². The molecule has 0 amide bonds. The summed E-state index contributed by atoms with van der Waals surface area (Å²) >= 11 is 6.08. The molecule has 0 atom stereocenters. The Morgan fingerprint density at radius 2 is 2.00 bits per heavy atom. The van der Waals surface area contributed by atoms with Gasteiger partial charge in [-0.3, -0.25) is 4.99 Å². The Hall–Kier alpha value is -1.42. The van der Waals surface area contributed by atoms with Gasteiger partial charge in [0.2, 0.25) is 0 Å². The number of nitrogens with zero attached hydrogens (tertiary/aromatic N) is 3. The zero-order valence-electron chi connectivity index (χ0n) is 12.6. The SMILES string of the molecule is CN=C(NC1CCC1)N1CCN(c2cccc(Cl)c2)CC1. The number of guanidine groups is 1. The lowest BCUT2D eigenvalue weighted by Gasteiger charge is -2.39. The van der Waals surface area contributed by atoms with E-state index in [4.69, 9.17) is 11.6 Å². The van der Waals surface area contributed by atoms with Crippen molar-refractivity contribution >= 4 is 23.2 Å². The Morgan fingerprint density at radius 1 is 1.24 bits per heavy atom. The van der Waals surface area contributed by atoms with Gasteiger partial charge < -0.3 is 15.1 Å². The van der Waals surface area contributed by atoms with Gasteiger partial charge in [-0.25, -0.2) is 0 Å². The van der Waals surface area contributed by atoms with Crippen molar-refractivity contribution in [2.45, 2.75) is 25.3 Å². The maximum Gasteiger partial charge on any atom is 0.193 e. The average molecular weight is 307 g/mol. The highest BCUT2D eigenvalue weighted by Gasteiger charge is 2.24. The monoisotopic (exact) mass is 306 g/mol. The van der Waals surface area contributed by atoms with Crippen molar-refractivity contribution in [1.29, 1.82) is 0 Å². The summed E-state index contributed by atoms with van der Waals surface area (Å²) in [5, 5.41) is 4.38. The quantitative estimate of drug-likeness (QED) is 0.673. The second-order valence-electron chi connectivity index (χ2n) is 5.77. The maximum absolute atomic E-state index is 6.08. The maximum atomic E-state index is 6.08. The fourth-order valence-electron chi connectivity index (χ4n) is 2.88. The van der Waals surface area contributed by atoms with E-state index in [0.717, 1.165) is 37.2 Å². The van der Waals surface area contributed by atoms with Crippen molar-refractivity contribution in [2.75, 3.05) is 38.1 Å². The third kappa shape index (κ3) is 3.43. The molecule has 1 N–H and O–H groups in total. The number of aliphatic imine (C=N–C) groups is 1. The van der Waals surface area contributed by atoms with Gasteiger partial charge in [0, 0.05) is 50.0 Å². The molecular formula is C16H23ClN4. The van der Waals surface area contributed by atoms with Gasteiger partial charge in [0.25, 0.3) is 0 Å². The molecule has 5 heteroatoms. The number of halogens is 1. The predicted octanol–water partition coefficient (Wildman–Crippen LogP) is 2.59. The van der Waals surface area contributed by atoms with E-state index < -0.39 is 0 Å². The summed E-state index contributed by atoms with van der Waals surface area (Å²) in [7, 11) is 1.88. The highest BCUT2D eigenvalue weighted by Crippen LogP contribution is 2.21. The van der Waals surface area contributed by atoms with E-state index in [1.54, 1.807) is 0 Å². The van der Waals surface area contributed by atoms with Crippen LogP contribution in [0.4, 0.5) is 5.69 Å². The molecule has 1 saturated heterocycles. The first-order valence-corrected chi connectivity index (χ1v) is 8.13. The van der Waals surface area contributed by atoms with Gasteiger partial charge in [-0.15, -0.1) is 0 Å². The summed E-state index contributed by atoms with van der Waals surface area (Å²) < 4.78 is 0. The van der Waals surface area contributed by atoms with Crippen LogP contribution in [0.25, 0.3) is 0 Å². The van der Waals surface area contributed by atoms with Crippen LogP contribution in [0.2, 0.25) is 5.02 Å². The van der Waals surface area contributed by atoms with Crippen molar-refractivity contribution in [2.24, 2.45) is 4.99 Å². The van der Waals surface area contributed by atoms with Gasteiger partial charge in [-0.1, -0.05) is 17.7 Å². The molecule has 0 radical (unpaired) electrons. The highest BCUT2D eigenvalue weighted by atomic mass is 35.5. The molecule has 1 saturated carbocycles. The summed E-state index contributed by atoms with van der Waals surface area (Å²) in [6, 6.07) is 8.74. The molecule has 1 aliphatic carbocycles. The van der Waals surface area contributed by atoms with Crippen LogP contribution >= 0.6 is 11.6 Å². The Morgan fingerprint density at radius 3 is 2.57 bits per heavy atom. The molecule has 0 spiro atoms. The second-order valence-corrected chi connectivity index (χ2v) is 6.21. The fraction of sp³-hybridized carbons (Fsp3) is 0.562. The number of hydrogen-bond acceptors (Lipinski definition) is 2. The molecule has 1 aromatic rings. The molecule has 114 valence electrons. The second kappa shape index (κ2) is 6.56. The minimum atomic E-state index is 0.634. The van der Waals surface area contributed by atoms with Gasteiger partial charge in [0.15, 0.2) is 5.96 Å². The number of anilines is 1. The molecular weight excluding hydrogens is 284 g/mol. The zero-order valence-corrected chi connectivity index (χ0v) is 13.3. The Balaban J connectivity index is 1.56. The Labute approximate surface area is 131 Å². The largest absolute Gasteiger partial charge is 0.368 e. The standard InChI is InChI=1S/C16H23ClN4/c1-18-16(19-14-5-3-6-14)21-10-8-20(9-11-21)15-7-2-4-13(17)12-15/h2,4,7,12,14H,3,5-6,8-11H2,1H3,(H,18,19).